The lowest BCUT2D eigenvalue weighted by Crippen LogP contribution is -2.01. The molecule has 0 saturated heterocycles. The molecule has 6 heteroatoms. The van der Waals surface area contributed by atoms with Gasteiger partial charge in [-0.15, -0.1) is 0 Å². The highest BCUT2D eigenvalue weighted by Crippen LogP contribution is 2.27. The van der Waals surface area contributed by atoms with Crippen molar-refractivity contribution in [2.24, 2.45) is 0 Å². The maximum atomic E-state index is 13.1. The fourth-order valence-corrected chi connectivity index (χ4v) is 2.28. The molecule has 1 aromatic carbocycles. The molecular formula is C10H4ClFINO2. The van der Waals surface area contributed by atoms with E-state index in [0.29, 0.717) is 14.5 Å². The lowest BCUT2D eigenvalue weighted by molar-refractivity contribution is 0.0691. The summed E-state index contributed by atoms with van der Waals surface area (Å²) in [5.74, 6) is -1.59. The molecule has 1 aromatic heterocycles. The van der Waals surface area contributed by atoms with Crippen LogP contribution in [0.15, 0.2) is 18.2 Å². The normalized spacial score (nSPS) is 10.7. The number of nitrogens with zero attached hydrogens (tertiary/aromatic N) is 1. The fraction of sp³-hybridized carbons (Fsp3) is 0. The Labute approximate surface area is 108 Å². The first kappa shape index (κ1) is 11.5. The van der Waals surface area contributed by atoms with Crippen molar-refractivity contribution in [1.29, 1.82) is 0 Å². The van der Waals surface area contributed by atoms with Gasteiger partial charge in [-0.25, -0.2) is 14.2 Å². The van der Waals surface area contributed by atoms with Crippen LogP contribution >= 0.6 is 34.2 Å². The Bertz CT molecular complexity index is 603. The average Bonchev–Trinajstić information content (AvgIpc) is 2.19. The van der Waals surface area contributed by atoms with Crippen LogP contribution in [-0.4, -0.2) is 16.1 Å². The Kier molecular flexibility index (Phi) is 2.98. The Morgan fingerprint density at radius 3 is 2.75 bits per heavy atom. The van der Waals surface area contributed by atoms with E-state index in [4.69, 9.17) is 16.7 Å². The van der Waals surface area contributed by atoms with Gasteiger partial charge in [0.05, 0.1) is 10.5 Å². The highest BCUT2D eigenvalue weighted by Gasteiger charge is 2.12. The van der Waals surface area contributed by atoms with E-state index in [1.54, 1.807) is 0 Å². The molecule has 0 fully saturated rings. The third-order valence-electron chi connectivity index (χ3n) is 2.00. The fourth-order valence-electron chi connectivity index (χ4n) is 1.32. The van der Waals surface area contributed by atoms with E-state index in [0.717, 1.165) is 0 Å². The van der Waals surface area contributed by atoms with Crippen molar-refractivity contribution in [2.45, 2.75) is 0 Å². The van der Waals surface area contributed by atoms with Crippen LogP contribution in [0.4, 0.5) is 4.39 Å². The summed E-state index contributed by atoms with van der Waals surface area (Å²) in [4.78, 5) is 14.7. The van der Waals surface area contributed by atoms with Crippen LogP contribution < -0.4 is 0 Å². The van der Waals surface area contributed by atoms with Crippen LogP contribution in [0, 0.1) is 9.39 Å². The van der Waals surface area contributed by atoms with Gasteiger partial charge >= 0.3 is 5.97 Å². The molecule has 2 rings (SSSR count). The van der Waals surface area contributed by atoms with Crippen molar-refractivity contribution in [3.63, 3.8) is 0 Å². The molecule has 0 aliphatic heterocycles. The van der Waals surface area contributed by atoms with E-state index in [2.05, 4.69) is 4.98 Å². The summed E-state index contributed by atoms with van der Waals surface area (Å²) in [6.45, 7) is 0. The van der Waals surface area contributed by atoms with Gasteiger partial charge < -0.3 is 5.11 Å². The molecule has 0 atom stereocenters. The molecule has 0 amide bonds. The quantitative estimate of drug-likeness (QED) is 0.802. The van der Waals surface area contributed by atoms with E-state index >= 15 is 0 Å². The number of aromatic carboxylic acids is 1. The summed E-state index contributed by atoms with van der Waals surface area (Å²) < 4.78 is 13.7. The van der Waals surface area contributed by atoms with Crippen molar-refractivity contribution >= 4 is 51.1 Å². The molecule has 0 radical (unpaired) electrons. The van der Waals surface area contributed by atoms with Gasteiger partial charge in [-0.1, -0.05) is 11.6 Å². The van der Waals surface area contributed by atoms with Crippen LogP contribution in [0.3, 0.4) is 0 Å². The zero-order valence-electron chi connectivity index (χ0n) is 7.67. The zero-order chi connectivity index (χ0) is 11.9. The summed E-state index contributed by atoms with van der Waals surface area (Å²) in [7, 11) is 0. The SMILES string of the molecule is O=C(O)c1cc(Cl)c2cc(F)cc(I)c2n1. The summed E-state index contributed by atoms with van der Waals surface area (Å²) in [5, 5.41) is 9.41. The standard InChI is InChI=1S/C10H4ClFINO2/c11-6-3-8(10(15)16)14-9-5(6)1-4(12)2-7(9)13/h1-3H,(H,15,16). The average molecular weight is 352 g/mol. The van der Waals surface area contributed by atoms with Crippen molar-refractivity contribution in [1.82, 2.24) is 4.98 Å². The van der Waals surface area contributed by atoms with Crippen LogP contribution in [0.2, 0.25) is 5.02 Å². The third-order valence-corrected chi connectivity index (χ3v) is 3.14. The number of carboxylic acids is 1. The molecule has 0 bridgehead atoms. The second kappa shape index (κ2) is 4.14. The summed E-state index contributed by atoms with van der Waals surface area (Å²) in [5.41, 5.74) is 0.244. The molecule has 0 aliphatic rings. The molecule has 0 saturated carbocycles. The lowest BCUT2D eigenvalue weighted by Gasteiger charge is -2.04. The third kappa shape index (κ3) is 1.97. The minimum atomic E-state index is -1.16. The minimum Gasteiger partial charge on any atom is -0.477 e. The van der Waals surface area contributed by atoms with Gasteiger partial charge in [0.25, 0.3) is 0 Å². The maximum absolute atomic E-state index is 13.1. The van der Waals surface area contributed by atoms with Gasteiger partial charge in [0.2, 0.25) is 0 Å². The van der Waals surface area contributed by atoms with E-state index < -0.39 is 11.8 Å². The molecule has 3 nitrogen and oxygen atoms in total. The number of aromatic nitrogens is 1. The Hall–Kier alpha value is -0.950. The predicted molar refractivity (Wildman–Crippen MR) is 66.4 cm³/mol. The Morgan fingerprint density at radius 1 is 1.44 bits per heavy atom. The molecule has 1 N–H and O–H groups in total. The van der Waals surface area contributed by atoms with Gasteiger partial charge in [0.1, 0.15) is 11.5 Å². The van der Waals surface area contributed by atoms with Crippen molar-refractivity contribution in [3.05, 3.63) is 38.3 Å². The minimum absolute atomic E-state index is 0.151. The Balaban J connectivity index is 2.87. The summed E-state index contributed by atoms with van der Waals surface area (Å²) in [6.07, 6.45) is 0. The van der Waals surface area contributed by atoms with Crippen LogP contribution in [0.1, 0.15) is 10.5 Å². The van der Waals surface area contributed by atoms with Gasteiger partial charge in [-0.3, -0.25) is 0 Å². The number of benzene rings is 1. The Morgan fingerprint density at radius 2 is 2.12 bits per heavy atom. The summed E-state index contributed by atoms with van der Waals surface area (Å²) >= 11 is 7.76. The van der Waals surface area contributed by atoms with Crippen molar-refractivity contribution in [2.75, 3.05) is 0 Å². The molecule has 82 valence electrons. The van der Waals surface area contributed by atoms with E-state index in [-0.39, 0.29) is 10.7 Å². The molecule has 0 aliphatic carbocycles. The first-order valence-corrected chi connectivity index (χ1v) is 5.63. The monoisotopic (exact) mass is 351 g/mol. The zero-order valence-corrected chi connectivity index (χ0v) is 10.6. The number of carboxylic acid groups (broad SMARTS) is 1. The van der Waals surface area contributed by atoms with E-state index in [1.165, 1.54) is 18.2 Å². The molecular weight excluding hydrogens is 347 g/mol. The molecule has 0 unspecified atom stereocenters. The second-order valence-corrected chi connectivity index (χ2v) is 4.65. The number of hydrogen-bond donors (Lipinski definition) is 1. The number of pyridine rings is 1. The number of carbonyl (C=O) groups is 1. The number of rotatable bonds is 1. The molecule has 2 aromatic rings. The first-order chi connectivity index (χ1) is 7.49. The van der Waals surface area contributed by atoms with Crippen LogP contribution in [0.5, 0.6) is 0 Å². The van der Waals surface area contributed by atoms with E-state index in [1.807, 2.05) is 22.6 Å². The highest BCUT2D eigenvalue weighted by molar-refractivity contribution is 14.1. The predicted octanol–water partition coefficient (Wildman–Crippen LogP) is 3.33. The largest absolute Gasteiger partial charge is 0.477 e. The van der Waals surface area contributed by atoms with Crippen LogP contribution in [0.25, 0.3) is 10.9 Å². The van der Waals surface area contributed by atoms with Gasteiger partial charge in [-0.05, 0) is 40.8 Å². The van der Waals surface area contributed by atoms with Crippen molar-refractivity contribution in [3.8, 4) is 0 Å². The topological polar surface area (TPSA) is 50.2 Å². The van der Waals surface area contributed by atoms with Gasteiger partial charge in [0, 0.05) is 8.96 Å². The second-order valence-electron chi connectivity index (χ2n) is 3.08. The molecule has 16 heavy (non-hydrogen) atoms. The number of fused-ring (bicyclic) bond motifs is 1. The maximum Gasteiger partial charge on any atom is 0.354 e. The van der Waals surface area contributed by atoms with Gasteiger partial charge in [0.15, 0.2) is 0 Å². The van der Waals surface area contributed by atoms with Crippen LogP contribution in [-0.2, 0) is 0 Å². The molecule has 0 spiro atoms. The van der Waals surface area contributed by atoms with Gasteiger partial charge in [-0.2, -0.15) is 0 Å². The summed E-state index contributed by atoms with van der Waals surface area (Å²) in [6, 6.07) is 3.72. The van der Waals surface area contributed by atoms with Crippen molar-refractivity contribution < 1.29 is 14.3 Å². The first-order valence-electron chi connectivity index (χ1n) is 4.17. The molecule has 1 heterocycles. The smallest absolute Gasteiger partial charge is 0.354 e. The lowest BCUT2D eigenvalue weighted by atomic mass is 10.2. The number of hydrogen-bond acceptors (Lipinski definition) is 2. The van der Waals surface area contributed by atoms with E-state index in [9.17, 15) is 9.18 Å². The highest BCUT2D eigenvalue weighted by atomic mass is 127. The number of halogens is 3.